The maximum Gasteiger partial charge on any atom is 0.254 e. The Balaban J connectivity index is 1.59. The fraction of sp³-hybridized carbons (Fsp3) is 0.207. The molecule has 188 valence electrons. The van der Waals surface area contributed by atoms with Crippen molar-refractivity contribution < 1.29 is 14.0 Å². The number of nitriles is 1. The summed E-state index contributed by atoms with van der Waals surface area (Å²) in [4.78, 5) is 26.2. The monoisotopic (exact) mass is 512 g/mol. The molecule has 1 aromatic heterocycles. The summed E-state index contributed by atoms with van der Waals surface area (Å²) in [5.41, 5.74) is 5.76. The molecule has 0 aliphatic carbocycles. The molecule has 0 saturated heterocycles. The van der Waals surface area contributed by atoms with Crippen LogP contribution >= 0.6 is 11.8 Å². The van der Waals surface area contributed by atoms with Gasteiger partial charge >= 0.3 is 0 Å². The van der Waals surface area contributed by atoms with Gasteiger partial charge in [0, 0.05) is 17.1 Å². The van der Waals surface area contributed by atoms with Crippen molar-refractivity contribution in [3.05, 3.63) is 105 Å². The fourth-order valence-electron chi connectivity index (χ4n) is 4.25. The number of amides is 2. The van der Waals surface area contributed by atoms with E-state index < -0.39 is 5.92 Å². The summed E-state index contributed by atoms with van der Waals surface area (Å²) >= 11 is 1.22. The predicted molar refractivity (Wildman–Crippen MR) is 147 cm³/mol. The summed E-state index contributed by atoms with van der Waals surface area (Å²) in [6.45, 7) is 7.64. The van der Waals surface area contributed by atoms with Gasteiger partial charge < -0.3 is 20.4 Å². The SMILES string of the molecule is CC1=C(C(=O)Nc2ccccc2C)C(c2ccco2)C(C#N)=C(SCC(=O)Nc2ccc(C)cc2C)N1. The van der Waals surface area contributed by atoms with Gasteiger partial charge in [-0.15, -0.1) is 0 Å². The topological polar surface area (TPSA) is 107 Å². The van der Waals surface area contributed by atoms with E-state index in [-0.39, 0.29) is 17.6 Å². The highest BCUT2D eigenvalue weighted by molar-refractivity contribution is 8.03. The Hall–Kier alpha value is -4.22. The van der Waals surface area contributed by atoms with Crippen LogP contribution < -0.4 is 16.0 Å². The number of benzene rings is 2. The Bertz CT molecular complexity index is 1450. The second-order valence-electron chi connectivity index (χ2n) is 8.89. The van der Waals surface area contributed by atoms with Crippen LogP contribution in [0, 0.1) is 32.1 Å². The van der Waals surface area contributed by atoms with E-state index in [4.69, 9.17) is 4.42 Å². The van der Waals surface area contributed by atoms with Gasteiger partial charge in [-0.3, -0.25) is 9.59 Å². The third kappa shape index (κ3) is 5.79. The number of nitrogens with one attached hydrogen (secondary N) is 3. The standard InChI is InChI=1S/C29H28N4O3S/c1-17-11-12-23(19(3)14-17)32-25(34)16-37-29-21(15-30)27(24-10-7-13-36-24)26(20(4)31-29)28(35)33-22-9-6-5-8-18(22)2/h5-14,27,31H,16H2,1-4H3,(H,32,34)(H,33,35). The minimum atomic E-state index is -0.713. The molecule has 37 heavy (non-hydrogen) atoms. The highest BCUT2D eigenvalue weighted by Gasteiger charge is 2.36. The van der Waals surface area contributed by atoms with E-state index in [1.165, 1.54) is 18.0 Å². The molecular weight excluding hydrogens is 484 g/mol. The van der Waals surface area contributed by atoms with Crippen molar-refractivity contribution in [2.24, 2.45) is 0 Å². The van der Waals surface area contributed by atoms with Gasteiger partial charge in [-0.05, 0) is 63.1 Å². The second kappa shape index (κ2) is 11.2. The van der Waals surface area contributed by atoms with Gasteiger partial charge in [-0.25, -0.2) is 0 Å². The highest BCUT2D eigenvalue weighted by atomic mass is 32.2. The first-order valence-electron chi connectivity index (χ1n) is 11.8. The van der Waals surface area contributed by atoms with Crippen LogP contribution in [0.5, 0.6) is 0 Å². The highest BCUT2D eigenvalue weighted by Crippen LogP contribution is 2.41. The van der Waals surface area contributed by atoms with Gasteiger partial charge in [0.05, 0.1) is 40.2 Å². The van der Waals surface area contributed by atoms with Crippen LogP contribution in [0.25, 0.3) is 0 Å². The predicted octanol–water partition coefficient (Wildman–Crippen LogP) is 5.91. The zero-order chi connectivity index (χ0) is 26.5. The first-order chi connectivity index (χ1) is 17.8. The van der Waals surface area contributed by atoms with E-state index in [2.05, 4.69) is 22.0 Å². The minimum absolute atomic E-state index is 0.0870. The first kappa shape index (κ1) is 25.9. The molecule has 3 N–H and O–H groups in total. The smallest absolute Gasteiger partial charge is 0.254 e. The van der Waals surface area contributed by atoms with Crippen molar-refractivity contribution >= 4 is 35.0 Å². The maximum atomic E-state index is 13.5. The Morgan fingerprint density at radius 2 is 1.76 bits per heavy atom. The van der Waals surface area contributed by atoms with Crippen molar-refractivity contribution in [2.75, 3.05) is 16.4 Å². The molecule has 0 spiro atoms. The molecule has 2 heterocycles. The Labute approximate surface area is 220 Å². The molecule has 0 saturated carbocycles. The summed E-state index contributed by atoms with van der Waals surface area (Å²) in [5.74, 6) is -0.669. The molecule has 1 aliphatic heterocycles. The quantitative estimate of drug-likeness (QED) is 0.363. The summed E-state index contributed by atoms with van der Waals surface area (Å²) in [6, 6.07) is 19.1. The molecule has 2 aromatic carbocycles. The number of allylic oxidation sites excluding steroid dienone is 2. The number of nitrogens with zero attached hydrogens (tertiary/aromatic N) is 1. The zero-order valence-corrected chi connectivity index (χ0v) is 22.0. The van der Waals surface area contributed by atoms with Gasteiger partial charge in [0.1, 0.15) is 5.76 Å². The van der Waals surface area contributed by atoms with E-state index in [0.717, 1.165) is 22.4 Å². The van der Waals surface area contributed by atoms with Gasteiger partial charge in [0.2, 0.25) is 5.91 Å². The number of aryl methyl sites for hydroxylation is 3. The van der Waals surface area contributed by atoms with Crippen molar-refractivity contribution in [1.29, 1.82) is 5.26 Å². The number of dihydropyridines is 1. The van der Waals surface area contributed by atoms with E-state index >= 15 is 0 Å². The summed E-state index contributed by atoms with van der Waals surface area (Å²) in [5, 5.41) is 19.8. The molecule has 1 atom stereocenters. The van der Waals surface area contributed by atoms with Crippen LogP contribution in [-0.2, 0) is 9.59 Å². The largest absolute Gasteiger partial charge is 0.468 e. The fourth-order valence-corrected chi connectivity index (χ4v) is 5.14. The van der Waals surface area contributed by atoms with E-state index in [1.807, 2.05) is 63.2 Å². The lowest BCUT2D eigenvalue weighted by atomic mass is 9.85. The van der Waals surface area contributed by atoms with Gasteiger partial charge in [-0.1, -0.05) is 47.7 Å². The molecule has 7 nitrogen and oxygen atoms in total. The average molecular weight is 513 g/mol. The maximum absolute atomic E-state index is 13.5. The van der Waals surface area contributed by atoms with E-state index in [1.54, 1.807) is 19.1 Å². The molecule has 1 aliphatic rings. The summed E-state index contributed by atoms with van der Waals surface area (Å²) in [7, 11) is 0. The first-order valence-corrected chi connectivity index (χ1v) is 12.8. The van der Waals surface area contributed by atoms with E-state index in [9.17, 15) is 14.9 Å². The molecule has 3 aromatic rings. The third-order valence-corrected chi connectivity index (χ3v) is 7.13. The molecule has 0 fully saturated rings. The number of furan rings is 1. The Morgan fingerprint density at radius 3 is 2.43 bits per heavy atom. The number of carbonyl (C=O) groups excluding carboxylic acids is 2. The molecule has 4 rings (SSSR count). The summed E-state index contributed by atoms with van der Waals surface area (Å²) in [6.07, 6.45) is 1.52. The van der Waals surface area contributed by atoms with Crippen LogP contribution in [-0.4, -0.2) is 17.6 Å². The van der Waals surface area contributed by atoms with Crippen LogP contribution in [0.2, 0.25) is 0 Å². The lowest BCUT2D eigenvalue weighted by Crippen LogP contribution is -2.31. The Morgan fingerprint density at radius 1 is 1.00 bits per heavy atom. The van der Waals surface area contributed by atoms with Crippen molar-refractivity contribution in [3.63, 3.8) is 0 Å². The van der Waals surface area contributed by atoms with Crippen molar-refractivity contribution in [3.8, 4) is 6.07 Å². The number of thioether (sulfide) groups is 1. The summed E-state index contributed by atoms with van der Waals surface area (Å²) < 4.78 is 5.67. The normalized spacial score (nSPS) is 15.2. The van der Waals surface area contributed by atoms with Crippen molar-refractivity contribution in [1.82, 2.24) is 5.32 Å². The van der Waals surface area contributed by atoms with Crippen LogP contribution in [0.15, 0.2) is 87.1 Å². The molecule has 0 bridgehead atoms. The minimum Gasteiger partial charge on any atom is -0.468 e. The molecule has 1 unspecified atom stereocenters. The van der Waals surface area contributed by atoms with Crippen molar-refractivity contribution in [2.45, 2.75) is 33.6 Å². The van der Waals surface area contributed by atoms with Crippen LogP contribution in [0.1, 0.15) is 35.3 Å². The molecule has 0 radical (unpaired) electrons. The number of hydrogen-bond acceptors (Lipinski definition) is 6. The molecule has 2 amide bonds. The van der Waals surface area contributed by atoms with Gasteiger partial charge in [0.15, 0.2) is 0 Å². The zero-order valence-electron chi connectivity index (χ0n) is 21.1. The number of rotatable bonds is 7. The average Bonchev–Trinajstić information content (AvgIpc) is 3.40. The van der Waals surface area contributed by atoms with Gasteiger partial charge in [-0.2, -0.15) is 5.26 Å². The molecular formula is C29H28N4O3S. The number of hydrogen-bond donors (Lipinski definition) is 3. The van der Waals surface area contributed by atoms with Crippen LogP contribution in [0.3, 0.4) is 0 Å². The van der Waals surface area contributed by atoms with Crippen LogP contribution in [0.4, 0.5) is 11.4 Å². The third-order valence-electron chi connectivity index (χ3n) is 6.12. The Kier molecular flexibility index (Phi) is 7.85. The lowest BCUT2D eigenvalue weighted by molar-refractivity contribution is -0.114. The molecule has 8 heteroatoms. The second-order valence-corrected chi connectivity index (χ2v) is 9.88. The number of para-hydroxylation sites is 1. The van der Waals surface area contributed by atoms with Gasteiger partial charge in [0.25, 0.3) is 5.91 Å². The number of carbonyl (C=O) groups is 2. The lowest BCUT2D eigenvalue weighted by Gasteiger charge is -2.28. The number of anilines is 2. The van der Waals surface area contributed by atoms with E-state index in [0.29, 0.717) is 33.3 Å².